The maximum absolute atomic E-state index is 12.4. The van der Waals surface area contributed by atoms with Crippen molar-refractivity contribution in [3.8, 4) is 0 Å². The van der Waals surface area contributed by atoms with Gasteiger partial charge in [0.15, 0.2) is 5.96 Å². The molecule has 2 N–H and O–H groups in total. The van der Waals surface area contributed by atoms with Crippen molar-refractivity contribution in [1.29, 1.82) is 0 Å². The number of aryl methyl sites for hydroxylation is 1. The summed E-state index contributed by atoms with van der Waals surface area (Å²) >= 11 is 0. The van der Waals surface area contributed by atoms with Crippen LogP contribution in [-0.2, 0) is 18.4 Å². The van der Waals surface area contributed by atoms with E-state index in [9.17, 15) is 4.79 Å². The summed E-state index contributed by atoms with van der Waals surface area (Å²) in [5.41, 5.74) is 1.05. The number of hydrogen-bond donors (Lipinski definition) is 2. The second-order valence-corrected chi connectivity index (χ2v) is 6.25. The van der Waals surface area contributed by atoms with E-state index in [0.29, 0.717) is 25.6 Å². The first-order valence-electron chi connectivity index (χ1n) is 8.90. The number of nitrogens with zero attached hydrogens (tertiary/aromatic N) is 4. The number of nitrogens with one attached hydrogen (secondary N) is 2. The predicted molar refractivity (Wildman–Crippen MR) is 111 cm³/mol. The number of piperidine rings is 1. The van der Waals surface area contributed by atoms with E-state index in [2.05, 4.69) is 27.6 Å². The van der Waals surface area contributed by atoms with Crippen LogP contribution >= 0.6 is 24.0 Å². The van der Waals surface area contributed by atoms with E-state index in [4.69, 9.17) is 0 Å². The second-order valence-electron chi connectivity index (χ2n) is 6.25. The van der Waals surface area contributed by atoms with Crippen LogP contribution in [0.1, 0.15) is 45.2 Å². The number of carbonyl (C=O) groups is 1. The van der Waals surface area contributed by atoms with Gasteiger partial charge in [-0.15, -0.1) is 24.0 Å². The molecule has 142 valence electrons. The van der Waals surface area contributed by atoms with Gasteiger partial charge < -0.3 is 15.5 Å². The molecular weight excluding hydrogens is 431 g/mol. The van der Waals surface area contributed by atoms with Gasteiger partial charge in [0.1, 0.15) is 0 Å². The predicted octanol–water partition coefficient (Wildman–Crippen LogP) is 1.88. The van der Waals surface area contributed by atoms with Gasteiger partial charge in [-0.25, -0.2) is 4.99 Å². The van der Waals surface area contributed by atoms with Crippen LogP contribution < -0.4 is 10.6 Å². The Kier molecular flexibility index (Phi) is 9.84. The molecule has 25 heavy (non-hydrogen) atoms. The maximum atomic E-state index is 12.4. The Balaban J connectivity index is 0.00000312. The lowest BCUT2D eigenvalue weighted by molar-refractivity contribution is -0.134. The Bertz CT molecular complexity index is 559. The minimum atomic E-state index is 0. The number of carbonyl (C=O) groups excluding carboxylic acids is 1. The lowest BCUT2D eigenvalue weighted by Gasteiger charge is -2.33. The van der Waals surface area contributed by atoms with Crippen molar-refractivity contribution in [2.24, 2.45) is 12.0 Å². The minimum absolute atomic E-state index is 0. The lowest BCUT2D eigenvalue weighted by Crippen LogP contribution is -2.44. The highest BCUT2D eigenvalue weighted by atomic mass is 127. The summed E-state index contributed by atoms with van der Waals surface area (Å²) in [5, 5.41) is 10.6. The molecule has 0 aliphatic carbocycles. The Hall–Kier alpha value is -1.32. The standard InChI is InChI=1S/C17H30N6O.HI/c1-4-18-17(20-13-15-8-11-21-22(15)3)19-10-9-16(24)23-12-6-5-7-14(23)2;/h8,11,14H,4-7,9-10,12-13H2,1-3H3,(H2,18,19,20);1H. The highest BCUT2D eigenvalue weighted by molar-refractivity contribution is 14.0. The molecule has 1 saturated heterocycles. The molecule has 0 saturated carbocycles. The van der Waals surface area contributed by atoms with Crippen molar-refractivity contribution in [3.63, 3.8) is 0 Å². The van der Waals surface area contributed by atoms with Crippen molar-refractivity contribution < 1.29 is 4.79 Å². The molecule has 1 aliphatic rings. The Labute approximate surface area is 167 Å². The van der Waals surface area contributed by atoms with Crippen LogP contribution in [0.15, 0.2) is 17.3 Å². The van der Waals surface area contributed by atoms with Gasteiger partial charge in [0.2, 0.25) is 5.91 Å². The molecule has 1 atom stereocenters. The number of guanidine groups is 1. The van der Waals surface area contributed by atoms with Crippen molar-refractivity contribution in [1.82, 2.24) is 25.3 Å². The summed E-state index contributed by atoms with van der Waals surface area (Å²) in [7, 11) is 1.91. The van der Waals surface area contributed by atoms with Crippen molar-refractivity contribution in [3.05, 3.63) is 18.0 Å². The Morgan fingerprint density at radius 1 is 1.40 bits per heavy atom. The van der Waals surface area contributed by atoms with Crippen LogP contribution in [0, 0.1) is 0 Å². The van der Waals surface area contributed by atoms with E-state index in [0.717, 1.165) is 37.6 Å². The molecule has 1 amide bonds. The van der Waals surface area contributed by atoms with E-state index >= 15 is 0 Å². The zero-order valence-electron chi connectivity index (χ0n) is 15.5. The molecule has 2 rings (SSSR count). The summed E-state index contributed by atoms with van der Waals surface area (Å²) in [5.74, 6) is 0.968. The van der Waals surface area contributed by atoms with Crippen LogP contribution in [0.2, 0.25) is 0 Å². The third-order valence-corrected chi connectivity index (χ3v) is 4.42. The van der Waals surface area contributed by atoms with Crippen LogP contribution in [0.5, 0.6) is 0 Å². The molecule has 0 spiro atoms. The third-order valence-electron chi connectivity index (χ3n) is 4.42. The summed E-state index contributed by atoms with van der Waals surface area (Å²) in [4.78, 5) is 18.9. The molecule has 0 bridgehead atoms. The lowest BCUT2D eigenvalue weighted by atomic mass is 10.0. The normalized spacial score (nSPS) is 17.8. The first-order chi connectivity index (χ1) is 11.6. The number of halogens is 1. The maximum Gasteiger partial charge on any atom is 0.224 e. The van der Waals surface area contributed by atoms with Crippen molar-refractivity contribution in [2.45, 2.75) is 52.1 Å². The fourth-order valence-electron chi connectivity index (χ4n) is 2.96. The molecule has 1 aliphatic heterocycles. The van der Waals surface area contributed by atoms with Gasteiger partial charge in [0.05, 0.1) is 12.2 Å². The molecule has 1 aromatic heterocycles. The average Bonchev–Trinajstić information content (AvgIpc) is 2.98. The van der Waals surface area contributed by atoms with Gasteiger partial charge in [-0.1, -0.05) is 0 Å². The first kappa shape index (κ1) is 21.7. The molecule has 1 aromatic rings. The summed E-state index contributed by atoms with van der Waals surface area (Å²) < 4.78 is 1.81. The molecule has 0 radical (unpaired) electrons. The van der Waals surface area contributed by atoms with Crippen LogP contribution in [-0.4, -0.2) is 52.2 Å². The van der Waals surface area contributed by atoms with E-state index < -0.39 is 0 Å². The fourth-order valence-corrected chi connectivity index (χ4v) is 2.96. The summed E-state index contributed by atoms with van der Waals surface area (Å²) in [6, 6.07) is 2.33. The Morgan fingerprint density at radius 2 is 2.20 bits per heavy atom. The number of amides is 1. The topological polar surface area (TPSA) is 74.5 Å². The van der Waals surface area contributed by atoms with Crippen molar-refractivity contribution >= 4 is 35.8 Å². The van der Waals surface area contributed by atoms with Crippen molar-refractivity contribution in [2.75, 3.05) is 19.6 Å². The molecule has 8 heteroatoms. The SMILES string of the molecule is CCNC(=NCc1ccnn1C)NCCC(=O)N1CCCCC1C.I. The first-order valence-corrected chi connectivity index (χ1v) is 8.90. The van der Waals surface area contributed by atoms with E-state index in [1.165, 1.54) is 6.42 Å². The quantitative estimate of drug-likeness (QED) is 0.385. The van der Waals surface area contributed by atoms with Gasteiger partial charge in [-0.05, 0) is 39.2 Å². The average molecular weight is 462 g/mol. The minimum Gasteiger partial charge on any atom is -0.357 e. The van der Waals surface area contributed by atoms with Gasteiger partial charge >= 0.3 is 0 Å². The van der Waals surface area contributed by atoms with Gasteiger partial charge in [-0.2, -0.15) is 5.10 Å². The number of rotatable bonds is 6. The second kappa shape index (κ2) is 11.3. The van der Waals surface area contributed by atoms with E-state index in [1.807, 2.05) is 29.6 Å². The summed E-state index contributed by atoms with van der Waals surface area (Å²) in [6.45, 7) is 7.01. The van der Waals surface area contributed by atoms with Crippen LogP contribution in [0.25, 0.3) is 0 Å². The molecule has 2 heterocycles. The fraction of sp³-hybridized carbons (Fsp3) is 0.706. The molecule has 1 unspecified atom stereocenters. The third kappa shape index (κ3) is 6.83. The van der Waals surface area contributed by atoms with Gasteiger partial charge in [-0.3, -0.25) is 9.48 Å². The molecule has 7 nitrogen and oxygen atoms in total. The zero-order chi connectivity index (χ0) is 17.4. The highest BCUT2D eigenvalue weighted by Crippen LogP contribution is 2.16. The zero-order valence-corrected chi connectivity index (χ0v) is 17.8. The number of aromatic nitrogens is 2. The summed E-state index contributed by atoms with van der Waals surface area (Å²) in [6.07, 6.45) is 5.74. The number of hydrogen-bond acceptors (Lipinski definition) is 3. The number of aliphatic imine (C=N–C) groups is 1. The van der Waals surface area contributed by atoms with E-state index in [1.54, 1.807) is 6.20 Å². The largest absolute Gasteiger partial charge is 0.357 e. The van der Waals surface area contributed by atoms with Gasteiger partial charge in [0.25, 0.3) is 0 Å². The van der Waals surface area contributed by atoms with Crippen LogP contribution in [0.4, 0.5) is 0 Å². The smallest absolute Gasteiger partial charge is 0.224 e. The monoisotopic (exact) mass is 462 g/mol. The van der Waals surface area contributed by atoms with E-state index in [-0.39, 0.29) is 29.9 Å². The van der Waals surface area contributed by atoms with Gasteiger partial charge in [0, 0.05) is 45.3 Å². The molecule has 0 aromatic carbocycles. The molecule has 1 fully saturated rings. The Morgan fingerprint density at radius 3 is 2.84 bits per heavy atom. The molecular formula is C17H31IN6O. The number of likely N-dealkylation sites (tertiary alicyclic amines) is 1. The van der Waals surface area contributed by atoms with Crippen LogP contribution in [0.3, 0.4) is 0 Å². The highest BCUT2D eigenvalue weighted by Gasteiger charge is 2.22.